The van der Waals surface area contributed by atoms with Crippen molar-refractivity contribution in [1.82, 2.24) is 4.98 Å². The van der Waals surface area contributed by atoms with Gasteiger partial charge in [-0.3, -0.25) is 4.98 Å². The fourth-order valence-electron chi connectivity index (χ4n) is 1.73. The topological polar surface area (TPSA) is 50.9 Å². The lowest BCUT2D eigenvalue weighted by atomic mass is 9.96. The van der Waals surface area contributed by atoms with E-state index in [4.69, 9.17) is 5.73 Å². The van der Waals surface area contributed by atoms with Gasteiger partial charge in [-0.2, -0.15) is 0 Å². The zero-order chi connectivity index (χ0) is 13.3. The van der Waals surface area contributed by atoms with Crippen LogP contribution in [0.2, 0.25) is 0 Å². The van der Waals surface area contributed by atoms with Crippen molar-refractivity contribution in [3.8, 4) is 0 Å². The maximum absolute atomic E-state index is 6.03. The lowest BCUT2D eigenvalue weighted by Crippen LogP contribution is -2.19. The van der Waals surface area contributed by atoms with E-state index in [-0.39, 0.29) is 5.41 Å². The maximum atomic E-state index is 6.03. The number of nitrogens with zero attached hydrogens (tertiary/aromatic N) is 1. The average molecular weight is 308 g/mol. The number of pyridine rings is 1. The number of aromatic nitrogens is 1. The van der Waals surface area contributed by atoms with E-state index in [9.17, 15) is 0 Å². The highest BCUT2D eigenvalue weighted by atomic mass is 79.9. The van der Waals surface area contributed by atoms with Gasteiger partial charge < -0.3 is 11.1 Å². The van der Waals surface area contributed by atoms with Gasteiger partial charge in [0.2, 0.25) is 0 Å². The molecule has 0 atom stereocenters. The Labute approximate surface area is 116 Å². The smallest absolute Gasteiger partial charge is 0.0743 e. The summed E-state index contributed by atoms with van der Waals surface area (Å²) in [7, 11) is 0. The Morgan fingerprint density at radius 3 is 2.72 bits per heavy atom. The van der Waals surface area contributed by atoms with Crippen molar-refractivity contribution in [1.29, 1.82) is 0 Å². The fourth-order valence-corrected chi connectivity index (χ4v) is 2.09. The zero-order valence-electron chi connectivity index (χ0n) is 10.9. The molecule has 0 amide bonds. The molecular formula is C14H18BrN3. The second-order valence-electron chi connectivity index (χ2n) is 5.66. The molecule has 1 aromatic carbocycles. The van der Waals surface area contributed by atoms with Crippen LogP contribution >= 0.6 is 15.9 Å². The first kappa shape index (κ1) is 13.1. The van der Waals surface area contributed by atoms with Crippen LogP contribution in [-0.4, -0.2) is 11.5 Å². The number of benzene rings is 1. The molecule has 3 nitrogen and oxygen atoms in total. The zero-order valence-corrected chi connectivity index (χ0v) is 12.5. The van der Waals surface area contributed by atoms with Gasteiger partial charge in [-0.05, 0) is 23.6 Å². The van der Waals surface area contributed by atoms with Crippen LogP contribution in [0.4, 0.5) is 11.4 Å². The molecule has 1 aromatic heterocycles. The van der Waals surface area contributed by atoms with Crippen LogP contribution in [0.25, 0.3) is 10.9 Å². The number of hydrogen-bond acceptors (Lipinski definition) is 3. The molecular weight excluding hydrogens is 290 g/mol. The summed E-state index contributed by atoms with van der Waals surface area (Å²) < 4.78 is 1.03. The first-order valence-corrected chi connectivity index (χ1v) is 6.74. The minimum Gasteiger partial charge on any atom is -0.396 e. The molecule has 0 aliphatic rings. The second-order valence-corrected chi connectivity index (χ2v) is 6.58. The lowest BCUT2D eigenvalue weighted by Gasteiger charge is -2.21. The molecule has 0 saturated heterocycles. The molecule has 96 valence electrons. The van der Waals surface area contributed by atoms with Crippen LogP contribution in [0.3, 0.4) is 0 Å². The second kappa shape index (κ2) is 4.76. The Hall–Kier alpha value is -1.29. The van der Waals surface area contributed by atoms with E-state index < -0.39 is 0 Å². The van der Waals surface area contributed by atoms with Crippen LogP contribution < -0.4 is 11.1 Å². The van der Waals surface area contributed by atoms with Gasteiger partial charge >= 0.3 is 0 Å². The summed E-state index contributed by atoms with van der Waals surface area (Å²) in [6.45, 7) is 7.43. The molecule has 1 heterocycles. The van der Waals surface area contributed by atoms with E-state index in [0.717, 1.165) is 27.6 Å². The van der Waals surface area contributed by atoms with Crippen molar-refractivity contribution in [2.75, 3.05) is 17.6 Å². The van der Waals surface area contributed by atoms with E-state index in [1.165, 1.54) is 0 Å². The minimum absolute atomic E-state index is 0.202. The summed E-state index contributed by atoms with van der Waals surface area (Å²) in [6.07, 6.45) is 1.71. The van der Waals surface area contributed by atoms with Gasteiger partial charge in [0.1, 0.15) is 0 Å². The van der Waals surface area contributed by atoms with Crippen LogP contribution in [0, 0.1) is 5.41 Å². The summed E-state index contributed by atoms with van der Waals surface area (Å²) in [5.74, 6) is 0. The van der Waals surface area contributed by atoms with Crippen LogP contribution in [0.5, 0.6) is 0 Å². The molecule has 2 aromatic rings. The van der Waals surface area contributed by atoms with E-state index in [2.05, 4.69) is 47.0 Å². The molecule has 0 saturated carbocycles. The Morgan fingerprint density at radius 2 is 2.06 bits per heavy atom. The molecule has 0 radical (unpaired) electrons. The highest BCUT2D eigenvalue weighted by Gasteiger charge is 2.13. The number of anilines is 2. The number of nitrogen functional groups attached to an aromatic ring is 1. The van der Waals surface area contributed by atoms with Gasteiger partial charge in [-0.1, -0.05) is 36.7 Å². The summed E-state index contributed by atoms with van der Waals surface area (Å²) in [5, 5.41) is 4.49. The highest BCUT2D eigenvalue weighted by Crippen LogP contribution is 2.30. The molecule has 0 aliphatic carbocycles. The third-order valence-electron chi connectivity index (χ3n) is 2.65. The molecule has 3 N–H and O–H groups in total. The maximum Gasteiger partial charge on any atom is 0.0743 e. The Morgan fingerprint density at radius 1 is 1.33 bits per heavy atom. The first-order valence-electron chi connectivity index (χ1n) is 5.94. The molecule has 0 unspecified atom stereocenters. The van der Waals surface area contributed by atoms with Gasteiger partial charge in [-0.25, -0.2) is 0 Å². The van der Waals surface area contributed by atoms with Crippen molar-refractivity contribution in [2.24, 2.45) is 5.41 Å². The molecule has 0 aliphatic heterocycles. The monoisotopic (exact) mass is 307 g/mol. The molecule has 2 rings (SSSR count). The summed E-state index contributed by atoms with van der Waals surface area (Å²) >= 11 is 3.49. The van der Waals surface area contributed by atoms with E-state index in [1.807, 2.05) is 18.2 Å². The van der Waals surface area contributed by atoms with E-state index in [1.54, 1.807) is 6.20 Å². The number of nitrogens with two attached hydrogens (primary N) is 1. The largest absolute Gasteiger partial charge is 0.396 e. The third kappa shape index (κ3) is 2.93. The van der Waals surface area contributed by atoms with Gasteiger partial charge in [-0.15, -0.1) is 0 Å². The summed E-state index contributed by atoms with van der Waals surface area (Å²) in [6, 6.07) is 6.02. The number of nitrogens with one attached hydrogen (secondary N) is 1. The SMILES string of the molecule is CC(C)(C)CNc1c(N)cnc2ccc(Br)cc12. The number of rotatable bonds is 2. The Kier molecular flexibility index (Phi) is 3.48. The number of hydrogen-bond donors (Lipinski definition) is 2. The van der Waals surface area contributed by atoms with Gasteiger partial charge in [0.25, 0.3) is 0 Å². The van der Waals surface area contributed by atoms with Crippen LogP contribution in [0.1, 0.15) is 20.8 Å². The minimum atomic E-state index is 0.202. The number of fused-ring (bicyclic) bond motifs is 1. The van der Waals surface area contributed by atoms with Crippen LogP contribution in [-0.2, 0) is 0 Å². The van der Waals surface area contributed by atoms with Gasteiger partial charge in [0.15, 0.2) is 0 Å². The third-order valence-corrected chi connectivity index (χ3v) is 3.15. The van der Waals surface area contributed by atoms with Gasteiger partial charge in [0, 0.05) is 16.4 Å². The predicted octanol–water partition coefficient (Wildman–Crippen LogP) is 4.04. The fraction of sp³-hybridized carbons (Fsp3) is 0.357. The lowest BCUT2D eigenvalue weighted by molar-refractivity contribution is 0.443. The summed E-state index contributed by atoms with van der Waals surface area (Å²) in [4.78, 5) is 4.34. The van der Waals surface area contributed by atoms with E-state index >= 15 is 0 Å². The van der Waals surface area contributed by atoms with Crippen molar-refractivity contribution in [3.63, 3.8) is 0 Å². The van der Waals surface area contributed by atoms with Crippen molar-refractivity contribution >= 4 is 38.2 Å². The Bertz CT molecular complexity index is 568. The molecule has 0 fully saturated rings. The molecule has 0 spiro atoms. The average Bonchev–Trinajstić information content (AvgIpc) is 2.26. The molecule has 0 bridgehead atoms. The van der Waals surface area contributed by atoms with Crippen molar-refractivity contribution in [2.45, 2.75) is 20.8 Å². The quantitative estimate of drug-likeness (QED) is 0.880. The normalized spacial score (nSPS) is 11.8. The van der Waals surface area contributed by atoms with Crippen LogP contribution in [0.15, 0.2) is 28.9 Å². The number of halogens is 1. The van der Waals surface area contributed by atoms with E-state index in [0.29, 0.717) is 5.69 Å². The predicted molar refractivity (Wildman–Crippen MR) is 81.8 cm³/mol. The van der Waals surface area contributed by atoms with Crippen molar-refractivity contribution < 1.29 is 0 Å². The Balaban J connectivity index is 2.47. The molecule has 18 heavy (non-hydrogen) atoms. The van der Waals surface area contributed by atoms with Crippen molar-refractivity contribution in [3.05, 3.63) is 28.9 Å². The first-order chi connectivity index (χ1) is 8.37. The molecule has 4 heteroatoms. The standard InChI is InChI=1S/C14H18BrN3/c1-14(2,3)8-18-13-10-6-9(15)4-5-12(10)17-7-11(13)16/h4-7H,8,16H2,1-3H3,(H,17,18). The van der Waals surface area contributed by atoms with Gasteiger partial charge in [0.05, 0.1) is 23.1 Å². The summed E-state index contributed by atoms with van der Waals surface area (Å²) in [5.41, 5.74) is 8.83. The highest BCUT2D eigenvalue weighted by molar-refractivity contribution is 9.10.